The highest BCUT2D eigenvalue weighted by atomic mass is 16.7. The lowest BCUT2D eigenvalue weighted by atomic mass is 9.44. The van der Waals surface area contributed by atoms with Gasteiger partial charge in [-0.3, -0.25) is 0 Å². The van der Waals surface area contributed by atoms with E-state index >= 15 is 0 Å². The summed E-state index contributed by atoms with van der Waals surface area (Å²) >= 11 is 0. The number of fused-ring (bicyclic) bond motifs is 5. The molecule has 0 radical (unpaired) electrons. The number of ether oxygens (including phenoxy) is 6. The lowest BCUT2D eigenvalue weighted by Crippen LogP contribution is -2.62. The van der Waals surface area contributed by atoms with Crippen LogP contribution in [0.25, 0.3) is 0 Å². The summed E-state index contributed by atoms with van der Waals surface area (Å²) in [6.07, 6.45) is 13.3. The van der Waals surface area contributed by atoms with Crippen molar-refractivity contribution >= 4 is 0 Å². The van der Waals surface area contributed by atoms with Crippen LogP contribution in [0.5, 0.6) is 0 Å². The molecular formula is C61H82O6. The summed E-state index contributed by atoms with van der Waals surface area (Å²) in [5.41, 5.74) is 5.28. The Balaban J connectivity index is 0.946. The number of benzene rings is 4. The van der Waals surface area contributed by atoms with Crippen LogP contribution < -0.4 is 0 Å². The normalized spacial score (nSPS) is 34.3. The Labute approximate surface area is 404 Å². The van der Waals surface area contributed by atoms with Crippen LogP contribution in [-0.2, 0) is 54.8 Å². The summed E-state index contributed by atoms with van der Waals surface area (Å²) in [7, 11) is 0. The van der Waals surface area contributed by atoms with Crippen LogP contribution in [0.1, 0.15) is 134 Å². The Hall–Kier alpha value is -3.36. The second-order valence-electron chi connectivity index (χ2n) is 22.5. The van der Waals surface area contributed by atoms with Gasteiger partial charge in [0.25, 0.3) is 0 Å². The fraction of sp³-hybridized carbons (Fsp3) is 0.607. The van der Waals surface area contributed by atoms with Gasteiger partial charge in [-0.1, -0.05) is 175 Å². The van der Waals surface area contributed by atoms with Crippen LogP contribution in [-0.4, -0.2) is 43.4 Å². The number of hydrogen-bond acceptors (Lipinski definition) is 6. The van der Waals surface area contributed by atoms with Crippen molar-refractivity contribution in [3.63, 3.8) is 0 Å². The van der Waals surface area contributed by atoms with Crippen LogP contribution in [0.2, 0.25) is 0 Å². The molecule has 4 aromatic rings. The van der Waals surface area contributed by atoms with E-state index in [0.29, 0.717) is 49.8 Å². The SMILES string of the molecule is CC(C)CCC[C@@H](C)[C@H]1CC[C@H]2[C@@H]3CC[C@H]4C[C@@H](OC5O[C@H](COCc6ccccc6)[C@@H](OCc6ccccc6)[C@H](OCc6ccccc6)[C@H]5OCc5ccccc5)CC[C@]4(C)[C@H]3CC[C@]12C. The summed E-state index contributed by atoms with van der Waals surface area (Å²) in [5, 5.41) is 0. The maximum atomic E-state index is 7.39. The first kappa shape index (κ1) is 48.7. The molecule has 0 aromatic heterocycles. The Bertz CT molecular complexity index is 2060. The Kier molecular flexibility index (Phi) is 16.4. The fourth-order valence-electron chi connectivity index (χ4n) is 14.4. The van der Waals surface area contributed by atoms with Gasteiger partial charge in [0.2, 0.25) is 0 Å². The smallest absolute Gasteiger partial charge is 0.187 e. The van der Waals surface area contributed by atoms with Crippen LogP contribution >= 0.6 is 0 Å². The molecule has 6 heteroatoms. The fourth-order valence-corrected chi connectivity index (χ4v) is 14.4. The standard InChI is InChI=1S/C61H82O6/c1-43(2)19-18-20-44(3)52-31-32-53-51-30-29-49-37-50(33-35-60(49,4)54(51)34-36-61(52,53)5)66-59-58(65-41-48-27-16-9-17-28-48)57(64-40-47-25-14-8-15-26-47)56(63-39-46-23-12-7-13-24-46)55(67-59)42-62-38-45-21-10-6-11-22-45/h6-17,21-28,43-44,49-59H,18-20,29-42H2,1-5H3/t44-,49+,50+,51+,52-,53+,54+,55-,56-,57+,58-,59?,60+,61-/m1/s1. The van der Waals surface area contributed by atoms with Gasteiger partial charge in [0.05, 0.1) is 39.1 Å². The summed E-state index contributed by atoms with van der Waals surface area (Å²) in [6.45, 7) is 14.8. The summed E-state index contributed by atoms with van der Waals surface area (Å²) in [6, 6.07) is 41.6. The zero-order valence-corrected chi connectivity index (χ0v) is 41.5. The molecular weight excluding hydrogens is 829 g/mol. The average molecular weight is 911 g/mol. The average Bonchev–Trinajstić information content (AvgIpc) is 3.71. The van der Waals surface area contributed by atoms with Crippen LogP contribution in [0.4, 0.5) is 0 Å². The van der Waals surface area contributed by atoms with Gasteiger partial charge in [0, 0.05) is 0 Å². The summed E-state index contributed by atoms with van der Waals surface area (Å²) in [5.74, 6) is 5.77. The van der Waals surface area contributed by atoms with Gasteiger partial charge in [-0.2, -0.15) is 0 Å². The van der Waals surface area contributed by atoms with E-state index in [4.69, 9.17) is 28.4 Å². The quantitative estimate of drug-likeness (QED) is 0.0824. The van der Waals surface area contributed by atoms with E-state index in [-0.39, 0.29) is 6.10 Å². The van der Waals surface area contributed by atoms with Gasteiger partial charge in [-0.05, 0) is 132 Å². The van der Waals surface area contributed by atoms with E-state index in [0.717, 1.165) is 70.6 Å². The van der Waals surface area contributed by atoms with Crippen LogP contribution in [0.3, 0.4) is 0 Å². The zero-order chi connectivity index (χ0) is 46.2. The van der Waals surface area contributed by atoms with Gasteiger partial charge in [-0.15, -0.1) is 0 Å². The maximum absolute atomic E-state index is 7.39. The molecule has 0 amide bonds. The van der Waals surface area contributed by atoms with Gasteiger partial charge >= 0.3 is 0 Å². The molecule has 4 saturated carbocycles. The molecule has 14 atom stereocenters. The molecule has 67 heavy (non-hydrogen) atoms. The maximum Gasteiger partial charge on any atom is 0.187 e. The molecule has 4 aliphatic carbocycles. The lowest BCUT2D eigenvalue weighted by molar-refractivity contribution is -0.340. The predicted molar refractivity (Wildman–Crippen MR) is 268 cm³/mol. The van der Waals surface area contributed by atoms with Crippen molar-refractivity contribution in [1.82, 2.24) is 0 Å². The zero-order valence-electron chi connectivity index (χ0n) is 41.5. The third-order valence-corrected chi connectivity index (χ3v) is 18.0. The van der Waals surface area contributed by atoms with Crippen molar-refractivity contribution in [3.8, 4) is 0 Å². The molecule has 4 aromatic carbocycles. The summed E-state index contributed by atoms with van der Waals surface area (Å²) < 4.78 is 42.2. The van der Waals surface area contributed by atoms with E-state index in [9.17, 15) is 0 Å². The monoisotopic (exact) mass is 911 g/mol. The highest BCUT2D eigenvalue weighted by Crippen LogP contribution is 2.68. The minimum Gasteiger partial charge on any atom is -0.374 e. The first-order chi connectivity index (χ1) is 32.7. The van der Waals surface area contributed by atoms with E-state index in [2.05, 4.69) is 138 Å². The topological polar surface area (TPSA) is 55.4 Å². The molecule has 1 heterocycles. The molecule has 1 unspecified atom stereocenters. The van der Waals surface area contributed by atoms with Crippen LogP contribution in [0, 0.1) is 52.3 Å². The lowest BCUT2D eigenvalue weighted by Gasteiger charge is -2.61. The molecule has 5 fully saturated rings. The van der Waals surface area contributed by atoms with Crippen molar-refractivity contribution in [3.05, 3.63) is 144 Å². The second-order valence-corrected chi connectivity index (χ2v) is 22.5. The molecule has 1 saturated heterocycles. The third kappa shape index (κ3) is 11.5. The van der Waals surface area contributed by atoms with E-state index in [1.807, 2.05) is 18.2 Å². The molecule has 0 bridgehead atoms. The Morgan fingerprint density at radius 2 is 1.09 bits per heavy atom. The molecule has 9 rings (SSSR count). The minimum absolute atomic E-state index is 0.0707. The predicted octanol–water partition coefficient (Wildman–Crippen LogP) is 14.2. The van der Waals surface area contributed by atoms with Gasteiger partial charge in [-0.25, -0.2) is 0 Å². The van der Waals surface area contributed by atoms with E-state index in [1.165, 1.54) is 64.2 Å². The molecule has 5 aliphatic rings. The largest absolute Gasteiger partial charge is 0.374 e. The van der Waals surface area contributed by atoms with Gasteiger partial charge in [0.1, 0.15) is 24.4 Å². The van der Waals surface area contributed by atoms with Crippen molar-refractivity contribution in [2.24, 2.45) is 52.3 Å². The second kappa shape index (κ2) is 22.6. The van der Waals surface area contributed by atoms with Crippen LogP contribution in [0.15, 0.2) is 121 Å². The first-order valence-electron chi connectivity index (χ1n) is 26.6. The van der Waals surface area contributed by atoms with Gasteiger partial charge < -0.3 is 28.4 Å². The van der Waals surface area contributed by atoms with Crippen molar-refractivity contribution in [2.45, 2.75) is 175 Å². The van der Waals surface area contributed by atoms with Crippen molar-refractivity contribution in [2.75, 3.05) is 6.61 Å². The van der Waals surface area contributed by atoms with Crippen molar-refractivity contribution < 1.29 is 28.4 Å². The van der Waals surface area contributed by atoms with Gasteiger partial charge in [0.15, 0.2) is 6.29 Å². The van der Waals surface area contributed by atoms with E-state index in [1.54, 1.807) is 0 Å². The first-order valence-corrected chi connectivity index (χ1v) is 26.6. The Morgan fingerprint density at radius 3 is 1.69 bits per heavy atom. The van der Waals surface area contributed by atoms with Crippen molar-refractivity contribution in [1.29, 1.82) is 0 Å². The molecule has 6 nitrogen and oxygen atoms in total. The highest BCUT2D eigenvalue weighted by molar-refractivity contribution is 5.17. The minimum atomic E-state index is -0.662. The Morgan fingerprint density at radius 1 is 0.552 bits per heavy atom. The highest BCUT2D eigenvalue weighted by Gasteiger charge is 2.61. The number of rotatable bonds is 20. The summed E-state index contributed by atoms with van der Waals surface area (Å²) in [4.78, 5) is 0. The molecule has 0 N–H and O–H groups in total. The molecule has 362 valence electrons. The number of hydrogen-bond donors (Lipinski definition) is 0. The molecule has 0 spiro atoms. The molecule has 1 aliphatic heterocycles. The van der Waals surface area contributed by atoms with E-state index < -0.39 is 30.7 Å². The third-order valence-electron chi connectivity index (χ3n) is 18.0.